The van der Waals surface area contributed by atoms with Crippen molar-refractivity contribution in [3.05, 3.63) is 62.3 Å². The summed E-state index contributed by atoms with van der Waals surface area (Å²) in [4.78, 5) is 0. The van der Waals surface area contributed by atoms with Gasteiger partial charge in [0.2, 0.25) is 0 Å². The standard InChI is InChI=1S/C16H16BrClFNO/c1-9-8-10(4-7-13(9)21-3)16(20-2)11-5-6-12(17)14(18)15(11)19/h4-8,16,20H,1-3H3. The van der Waals surface area contributed by atoms with Gasteiger partial charge in [0.25, 0.3) is 0 Å². The van der Waals surface area contributed by atoms with E-state index in [1.807, 2.05) is 25.1 Å². The van der Waals surface area contributed by atoms with Crippen molar-refractivity contribution >= 4 is 27.5 Å². The Kier molecular flexibility index (Phi) is 5.25. The summed E-state index contributed by atoms with van der Waals surface area (Å²) in [6.45, 7) is 1.96. The zero-order chi connectivity index (χ0) is 15.6. The van der Waals surface area contributed by atoms with Crippen molar-refractivity contribution in [2.45, 2.75) is 13.0 Å². The number of hydrogen-bond donors (Lipinski definition) is 1. The van der Waals surface area contributed by atoms with E-state index in [0.717, 1.165) is 16.9 Å². The van der Waals surface area contributed by atoms with Crippen molar-refractivity contribution in [1.82, 2.24) is 5.32 Å². The van der Waals surface area contributed by atoms with Crippen LogP contribution in [0, 0.1) is 12.7 Å². The summed E-state index contributed by atoms with van der Waals surface area (Å²) in [6, 6.07) is 8.98. The first kappa shape index (κ1) is 16.3. The molecule has 2 nitrogen and oxygen atoms in total. The number of halogens is 3. The Bertz CT molecular complexity index is 663. The summed E-state index contributed by atoms with van der Waals surface area (Å²) in [5.41, 5.74) is 2.46. The fourth-order valence-electron chi connectivity index (χ4n) is 2.35. The van der Waals surface area contributed by atoms with Crippen LogP contribution < -0.4 is 10.1 Å². The van der Waals surface area contributed by atoms with E-state index < -0.39 is 5.82 Å². The fourth-order valence-corrected chi connectivity index (χ4v) is 2.83. The maximum atomic E-state index is 14.4. The van der Waals surface area contributed by atoms with Gasteiger partial charge in [0.05, 0.1) is 18.2 Å². The zero-order valence-corrected chi connectivity index (χ0v) is 14.3. The first-order chi connectivity index (χ1) is 9.99. The molecule has 0 saturated heterocycles. The lowest BCUT2D eigenvalue weighted by molar-refractivity contribution is 0.411. The highest BCUT2D eigenvalue weighted by atomic mass is 79.9. The van der Waals surface area contributed by atoms with Gasteiger partial charge in [-0.25, -0.2) is 4.39 Å². The van der Waals surface area contributed by atoms with E-state index in [1.165, 1.54) is 0 Å². The molecule has 0 aliphatic carbocycles. The molecular weight excluding hydrogens is 357 g/mol. The van der Waals surface area contributed by atoms with E-state index in [9.17, 15) is 4.39 Å². The van der Waals surface area contributed by atoms with Crippen LogP contribution in [0.3, 0.4) is 0 Å². The highest BCUT2D eigenvalue weighted by molar-refractivity contribution is 9.10. The van der Waals surface area contributed by atoms with Gasteiger partial charge in [-0.05, 0) is 53.2 Å². The van der Waals surface area contributed by atoms with E-state index in [-0.39, 0.29) is 11.1 Å². The van der Waals surface area contributed by atoms with Gasteiger partial charge >= 0.3 is 0 Å². The highest BCUT2D eigenvalue weighted by Crippen LogP contribution is 2.33. The van der Waals surface area contributed by atoms with Gasteiger partial charge in [-0.3, -0.25) is 0 Å². The van der Waals surface area contributed by atoms with Crippen molar-refractivity contribution in [2.75, 3.05) is 14.2 Å². The number of rotatable bonds is 4. The van der Waals surface area contributed by atoms with Gasteiger partial charge < -0.3 is 10.1 Å². The van der Waals surface area contributed by atoms with Crippen molar-refractivity contribution in [1.29, 1.82) is 0 Å². The molecule has 0 amide bonds. The lowest BCUT2D eigenvalue weighted by atomic mass is 9.96. The number of methoxy groups -OCH3 is 1. The van der Waals surface area contributed by atoms with Crippen LogP contribution >= 0.6 is 27.5 Å². The van der Waals surface area contributed by atoms with Gasteiger partial charge in [0.1, 0.15) is 11.6 Å². The SMILES string of the molecule is CNC(c1ccc(OC)c(C)c1)c1ccc(Br)c(Cl)c1F. The Morgan fingerprint density at radius 1 is 1.29 bits per heavy atom. The highest BCUT2D eigenvalue weighted by Gasteiger charge is 2.20. The van der Waals surface area contributed by atoms with Crippen molar-refractivity contribution in [3.63, 3.8) is 0 Å². The molecule has 0 saturated carbocycles. The first-order valence-corrected chi connectivity index (χ1v) is 7.62. The third kappa shape index (κ3) is 3.23. The second kappa shape index (κ2) is 6.77. The van der Waals surface area contributed by atoms with Gasteiger partial charge in [0.15, 0.2) is 0 Å². The van der Waals surface area contributed by atoms with Gasteiger partial charge in [-0.2, -0.15) is 0 Å². The maximum absolute atomic E-state index is 14.4. The molecule has 112 valence electrons. The quantitative estimate of drug-likeness (QED) is 0.773. The minimum Gasteiger partial charge on any atom is -0.496 e. The molecule has 5 heteroatoms. The number of benzene rings is 2. The van der Waals surface area contributed by atoms with Crippen LogP contribution in [0.15, 0.2) is 34.8 Å². The average Bonchev–Trinajstić information content (AvgIpc) is 2.48. The molecule has 2 rings (SSSR count). The number of nitrogens with one attached hydrogen (secondary N) is 1. The van der Waals surface area contributed by atoms with Crippen LogP contribution in [0.5, 0.6) is 5.75 Å². The average molecular weight is 373 g/mol. The first-order valence-electron chi connectivity index (χ1n) is 6.44. The van der Waals surface area contributed by atoms with Crippen LogP contribution in [-0.4, -0.2) is 14.2 Å². The second-order valence-corrected chi connectivity index (χ2v) is 5.95. The minimum atomic E-state index is -0.418. The summed E-state index contributed by atoms with van der Waals surface area (Å²) < 4.78 is 20.2. The predicted molar refractivity (Wildman–Crippen MR) is 87.7 cm³/mol. The molecular formula is C16H16BrClFNO. The van der Waals surface area contributed by atoms with Crippen molar-refractivity contribution in [3.8, 4) is 5.75 Å². The molecule has 1 N–H and O–H groups in total. The van der Waals surface area contributed by atoms with Crippen LogP contribution in [0.25, 0.3) is 0 Å². The lowest BCUT2D eigenvalue weighted by Crippen LogP contribution is -2.19. The Hall–Kier alpha value is -1.10. The monoisotopic (exact) mass is 371 g/mol. The van der Waals surface area contributed by atoms with Crippen molar-refractivity contribution in [2.24, 2.45) is 0 Å². The molecule has 0 aromatic heterocycles. The maximum Gasteiger partial charge on any atom is 0.148 e. The lowest BCUT2D eigenvalue weighted by Gasteiger charge is -2.20. The fraction of sp³-hybridized carbons (Fsp3) is 0.250. The van der Waals surface area contributed by atoms with E-state index in [2.05, 4.69) is 21.2 Å². The smallest absolute Gasteiger partial charge is 0.148 e. The molecule has 1 atom stereocenters. The van der Waals surface area contributed by atoms with Crippen LogP contribution in [0.1, 0.15) is 22.7 Å². The summed E-state index contributed by atoms with van der Waals surface area (Å²) in [5, 5.41) is 3.23. The molecule has 21 heavy (non-hydrogen) atoms. The van der Waals surface area contributed by atoms with E-state index in [0.29, 0.717) is 10.0 Å². The summed E-state index contributed by atoms with van der Waals surface area (Å²) in [7, 11) is 3.42. The molecule has 0 aliphatic heterocycles. The molecule has 1 unspecified atom stereocenters. The predicted octanol–water partition coefficient (Wildman–Crippen LogP) is 4.87. The Balaban J connectivity index is 2.50. The number of hydrogen-bond acceptors (Lipinski definition) is 2. The van der Waals surface area contributed by atoms with E-state index >= 15 is 0 Å². The van der Waals surface area contributed by atoms with Gasteiger partial charge in [-0.15, -0.1) is 0 Å². The summed E-state index contributed by atoms with van der Waals surface area (Å²) in [5.74, 6) is 0.391. The minimum absolute atomic E-state index is 0.0954. The van der Waals surface area contributed by atoms with Crippen LogP contribution in [0.2, 0.25) is 5.02 Å². The number of ether oxygens (including phenoxy) is 1. The normalized spacial score (nSPS) is 12.3. The van der Waals surface area contributed by atoms with E-state index in [1.54, 1.807) is 26.3 Å². The molecule has 0 bridgehead atoms. The summed E-state index contributed by atoms with van der Waals surface area (Å²) in [6.07, 6.45) is 0. The third-order valence-corrected chi connectivity index (χ3v) is 4.68. The topological polar surface area (TPSA) is 21.3 Å². The third-order valence-electron chi connectivity index (χ3n) is 3.42. The molecule has 2 aromatic rings. The Morgan fingerprint density at radius 3 is 2.57 bits per heavy atom. The van der Waals surface area contributed by atoms with Gasteiger partial charge in [0, 0.05) is 10.0 Å². The molecule has 0 fully saturated rings. The molecule has 2 aromatic carbocycles. The van der Waals surface area contributed by atoms with Gasteiger partial charge in [-0.1, -0.05) is 29.8 Å². The zero-order valence-electron chi connectivity index (χ0n) is 12.0. The Morgan fingerprint density at radius 2 is 2.00 bits per heavy atom. The van der Waals surface area contributed by atoms with Crippen LogP contribution in [0.4, 0.5) is 4.39 Å². The molecule has 0 aliphatic rings. The van der Waals surface area contributed by atoms with Crippen molar-refractivity contribution < 1.29 is 9.13 Å². The molecule has 0 spiro atoms. The summed E-state index contributed by atoms with van der Waals surface area (Å²) >= 11 is 9.21. The Labute approximate surface area is 137 Å². The second-order valence-electron chi connectivity index (χ2n) is 4.72. The van der Waals surface area contributed by atoms with Crippen LogP contribution in [-0.2, 0) is 0 Å². The molecule has 0 radical (unpaired) electrons. The molecule has 0 heterocycles. The van der Waals surface area contributed by atoms with E-state index in [4.69, 9.17) is 16.3 Å². The largest absolute Gasteiger partial charge is 0.496 e. The number of aryl methyl sites for hydroxylation is 1.